The van der Waals surface area contributed by atoms with E-state index in [1.54, 1.807) is 12.3 Å². The van der Waals surface area contributed by atoms with Crippen molar-refractivity contribution in [2.75, 3.05) is 18.8 Å². The highest BCUT2D eigenvalue weighted by Crippen LogP contribution is 2.36. The fraction of sp³-hybridized carbons (Fsp3) is 0.429. The van der Waals surface area contributed by atoms with Crippen LogP contribution in [0.1, 0.15) is 0 Å². The fourth-order valence-corrected chi connectivity index (χ4v) is 0.848. The van der Waals surface area contributed by atoms with Crippen molar-refractivity contribution in [1.29, 1.82) is 0 Å². The molecule has 3 heteroatoms. The number of hydrogen-bond donors (Lipinski definition) is 0. The molecule has 0 aromatic carbocycles. The first kappa shape index (κ1) is 10.1. The zero-order chi connectivity index (χ0) is 8.20. The molecule has 0 aliphatic rings. The normalized spacial score (nSPS) is 14.6. The Bertz CT molecular complexity index is 146. The van der Waals surface area contributed by atoms with Gasteiger partial charge in [0.1, 0.15) is 6.26 Å². The van der Waals surface area contributed by atoms with Crippen LogP contribution in [0.4, 0.5) is 0 Å². The van der Waals surface area contributed by atoms with Gasteiger partial charge in [0.05, 0.1) is 4.48 Å². The molecule has 0 aromatic rings. The van der Waals surface area contributed by atoms with Crippen LogP contribution in [0.3, 0.4) is 0 Å². The first-order valence-electron chi connectivity index (χ1n) is 2.80. The second-order valence-electron chi connectivity index (χ2n) is 2.53. The second kappa shape index (κ2) is 4.09. The third kappa shape index (κ3) is 6.23. The molecule has 0 N–H and O–H groups in total. The van der Waals surface area contributed by atoms with Gasteiger partial charge in [0, 0.05) is 0 Å². The highest BCUT2D eigenvalue weighted by atomic mass is 79.9. The molecule has 0 spiro atoms. The van der Waals surface area contributed by atoms with Gasteiger partial charge in [0.25, 0.3) is 0 Å². The average molecular weight is 225 g/mol. The lowest BCUT2D eigenvalue weighted by atomic mass is 10.6. The highest BCUT2D eigenvalue weighted by Gasteiger charge is 2.00. The van der Waals surface area contributed by atoms with E-state index in [0.717, 1.165) is 4.48 Å². The quantitative estimate of drug-likeness (QED) is 0.530. The number of halogens is 1. The molecular weight excluding hydrogens is 212 g/mol. The zero-order valence-corrected chi connectivity index (χ0v) is 8.96. The van der Waals surface area contributed by atoms with Gasteiger partial charge in [0.15, 0.2) is 0 Å². The Balaban J connectivity index is 3.84. The minimum atomic E-state index is -0.883. The molecule has 0 aliphatic heterocycles. The van der Waals surface area contributed by atoms with Gasteiger partial charge in [-0.3, -0.25) is 0 Å². The Morgan fingerprint density at radius 1 is 1.50 bits per heavy atom. The van der Waals surface area contributed by atoms with Crippen LogP contribution in [0.5, 0.6) is 0 Å². The summed E-state index contributed by atoms with van der Waals surface area (Å²) in [5, 5.41) is 0. The summed E-state index contributed by atoms with van der Waals surface area (Å²) in [7, 11) is -0.883. The lowest BCUT2D eigenvalue weighted by Crippen LogP contribution is -1.91. The van der Waals surface area contributed by atoms with E-state index < -0.39 is 10.3 Å². The van der Waals surface area contributed by atoms with Crippen LogP contribution in [0.15, 0.2) is 23.4 Å². The molecular formula is C7H13BrOS. The maximum atomic E-state index is 5.39. The van der Waals surface area contributed by atoms with E-state index in [9.17, 15) is 0 Å². The Labute approximate surface area is 72.8 Å². The molecule has 60 valence electrons. The van der Waals surface area contributed by atoms with E-state index in [4.69, 9.17) is 4.18 Å². The summed E-state index contributed by atoms with van der Waals surface area (Å²) in [6, 6.07) is 0. The van der Waals surface area contributed by atoms with Crippen molar-refractivity contribution in [2.24, 2.45) is 0 Å². The molecule has 0 saturated heterocycles. The number of hydrogen-bond acceptors (Lipinski definition) is 1. The summed E-state index contributed by atoms with van der Waals surface area (Å²) in [6.07, 6.45) is 9.61. The molecule has 0 unspecified atom stereocenters. The van der Waals surface area contributed by atoms with Crippen molar-refractivity contribution in [1.82, 2.24) is 0 Å². The molecule has 0 amide bonds. The molecule has 0 saturated carbocycles. The van der Waals surface area contributed by atoms with Crippen molar-refractivity contribution in [2.45, 2.75) is 0 Å². The van der Waals surface area contributed by atoms with Gasteiger partial charge in [0.2, 0.25) is 0 Å². The molecule has 0 bridgehead atoms. The SMILES string of the molecule is C=C/C(Br)=C/OS(C)(C)C. The minimum absolute atomic E-state index is 0.883. The molecule has 0 heterocycles. The van der Waals surface area contributed by atoms with Gasteiger partial charge in [-0.2, -0.15) is 0 Å². The van der Waals surface area contributed by atoms with Crippen LogP contribution >= 0.6 is 26.2 Å². The Morgan fingerprint density at radius 3 is 2.30 bits per heavy atom. The van der Waals surface area contributed by atoms with Gasteiger partial charge in [-0.25, -0.2) is 0 Å². The lowest BCUT2D eigenvalue weighted by Gasteiger charge is -2.23. The van der Waals surface area contributed by atoms with E-state index >= 15 is 0 Å². The topological polar surface area (TPSA) is 9.23 Å². The standard InChI is InChI=1S/C7H13BrOS/c1-5-7(8)6-9-10(2,3)4/h5-6H,1H2,2-4H3/b7-6-. The van der Waals surface area contributed by atoms with Crippen molar-refractivity contribution >= 4 is 26.2 Å². The molecule has 0 aliphatic carbocycles. The lowest BCUT2D eigenvalue weighted by molar-refractivity contribution is 0.548. The van der Waals surface area contributed by atoms with Crippen molar-refractivity contribution < 1.29 is 4.18 Å². The maximum absolute atomic E-state index is 5.39. The third-order valence-corrected chi connectivity index (χ3v) is 1.83. The molecule has 0 atom stereocenters. The first-order chi connectivity index (χ1) is 4.45. The minimum Gasteiger partial charge on any atom is -0.456 e. The van der Waals surface area contributed by atoms with E-state index in [1.165, 1.54) is 0 Å². The molecule has 1 nitrogen and oxygen atoms in total. The average Bonchev–Trinajstić information content (AvgIpc) is 1.81. The van der Waals surface area contributed by atoms with Crippen molar-refractivity contribution in [3.8, 4) is 0 Å². The van der Waals surface area contributed by atoms with Gasteiger partial charge in [-0.1, -0.05) is 12.7 Å². The van der Waals surface area contributed by atoms with Gasteiger partial charge in [-0.05, 0) is 34.7 Å². The predicted molar refractivity (Wildman–Crippen MR) is 53.7 cm³/mol. The first-order valence-corrected chi connectivity index (χ1v) is 6.38. The summed E-state index contributed by atoms with van der Waals surface area (Å²) in [4.78, 5) is 0. The van der Waals surface area contributed by atoms with Crippen LogP contribution in [0.2, 0.25) is 0 Å². The highest BCUT2D eigenvalue weighted by molar-refractivity contribution is 9.11. The number of rotatable bonds is 3. The Kier molecular flexibility index (Phi) is 4.13. The smallest absolute Gasteiger partial charge is 0.113 e. The second-order valence-corrected chi connectivity index (χ2v) is 7.09. The van der Waals surface area contributed by atoms with Crippen LogP contribution in [0, 0.1) is 0 Å². The molecule has 0 aromatic heterocycles. The summed E-state index contributed by atoms with van der Waals surface area (Å²) in [6.45, 7) is 3.58. The zero-order valence-electron chi connectivity index (χ0n) is 6.56. The van der Waals surface area contributed by atoms with Crippen LogP contribution < -0.4 is 0 Å². The van der Waals surface area contributed by atoms with E-state index in [-0.39, 0.29) is 0 Å². The Hall–Kier alpha value is 0.110. The largest absolute Gasteiger partial charge is 0.456 e. The predicted octanol–water partition coefficient (Wildman–Crippen LogP) is 3.03. The summed E-state index contributed by atoms with van der Waals surface area (Å²) < 4.78 is 6.27. The number of allylic oxidation sites excluding steroid dienone is 2. The summed E-state index contributed by atoms with van der Waals surface area (Å²) in [5.41, 5.74) is 0. The molecule has 10 heavy (non-hydrogen) atoms. The van der Waals surface area contributed by atoms with E-state index in [0.29, 0.717) is 0 Å². The van der Waals surface area contributed by atoms with E-state index in [2.05, 4.69) is 41.3 Å². The fourth-order valence-electron chi connectivity index (χ4n) is 0.238. The van der Waals surface area contributed by atoms with Crippen molar-refractivity contribution in [3.05, 3.63) is 23.4 Å². The van der Waals surface area contributed by atoms with Gasteiger partial charge < -0.3 is 4.18 Å². The van der Waals surface area contributed by atoms with Crippen LogP contribution in [-0.2, 0) is 4.18 Å². The van der Waals surface area contributed by atoms with E-state index in [1.807, 2.05) is 0 Å². The maximum Gasteiger partial charge on any atom is 0.113 e. The Morgan fingerprint density at radius 2 is 2.00 bits per heavy atom. The monoisotopic (exact) mass is 224 g/mol. The van der Waals surface area contributed by atoms with Crippen LogP contribution in [-0.4, -0.2) is 18.8 Å². The third-order valence-electron chi connectivity index (χ3n) is 0.644. The van der Waals surface area contributed by atoms with Gasteiger partial charge in [-0.15, -0.1) is 10.3 Å². The van der Waals surface area contributed by atoms with Gasteiger partial charge >= 0.3 is 0 Å². The summed E-state index contributed by atoms with van der Waals surface area (Å²) in [5.74, 6) is 0. The molecule has 0 radical (unpaired) electrons. The van der Waals surface area contributed by atoms with Crippen LogP contribution in [0.25, 0.3) is 0 Å². The molecule has 0 rings (SSSR count). The summed E-state index contributed by atoms with van der Waals surface area (Å²) >= 11 is 3.26. The van der Waals surface area contributed by atoms with Crippen molar-refractivity contribution in [3.63, 3.8) is 0 Å². The molecule has 0 fully saturated rings.